The van der Waals surface area contributed by atoms with Gasteiger partial charge < -0.3 is 14.0 Å². The van der Waals surface area contributed by atoms with Crippen molar-refractivity contribution in [1.29, 1.82) is 0 Å². The summed E-state index contributed by atoms with van der Waals surface area (Å²) in [5.41, 5.74) is 0.537. The molecule has 8 heteroatoms. The lowest BCUT2D eigenvalue weighted by Gasteiger charge is -2.15. The summed E-state index contributed by atoms with van der Waals surface area (Å²) < 4.78 is 52.5. The van der Waals surface area contributed by atoms with E-state index in [-0.39, 0.29) is 16.8 Å². The van der Waals surface area contributed by atoms with Crippen LogP contribution in [0.5, 0.6) is 11.5 Å². The molecule has 0 fully saturated rings. The molecule has 32 heavy (non-hydrogen) atoms. The van der Waals surface area contributed by atoms with E-state index >= 15 is 0 Å². The van der Waals surface area contributed by atoms with Gasteiger partial charge in [0.05, 0.1) is 24.6 Å². The minimum atomic E-state index is -4.16. The molecule has 164 valence electrons. The van der Waals surface area contributed by atoms with Crippen LogP contribution in [-0.4, -0.2) is 27.2 Å². The number of halogens is 1. The van der Waals surface area contributed by atoms with Gasteiger partial charge >= 0.3 is 0 Å². The van der Waals surface area contributed by atoms with Gasteiger partial charge in [0.1, 0.15) is 22.2 Å². The van der Waals surface area contributed by atoms with E-state index in [0.717, 1.165) is 11.6 Å². The Bertz CT molecular complexity index is 1440. The first kappa shape index (κ1) is 21.6. The molecule has 0 spiro atoms. The molecule has 0 radical (unpaired) electrons. The zero-order valence-corrected chi connectivity index (χ0v) is 18.2. The second kappa shape index (κ2) is 8.47. The van der Waals surface area contributed by atoms with Gasteiger partial charge in [-0.1, -0.05) is 12.1 Å². The van der Waals surface area contributed by atoms with Crippen LogP contribution in [0.1, 0.15) is 5.56 Å². The largest absolute Gasteiger partial charge is 0.497 e. The average Bonchev–Trinajstić information content (AvgIpc) is 2.81. The van der Waals surface area contributed by atoms with Crippen molar-refractivity contribution < 1.29 is 22.3 Å². The summed E-state index contributed by atoms with van der Waals surface area (Å²) in [7, 11) is -1.12. The van der Waals surface area contributed by atoms with Gasteiger partial charge in [-0.3, -0.25) is 4.79 Å². The number of aromatic nitrogens is 1. The van der Waals surface area contributed by atoms with Crippen LogP contribution >= 0.6 is 0 Å². The first-order chi connectivity index (χ1) is 15.3. The molecule has 0 saturated carbocycles. The maximum atomic E-state index is 14.0. The Labute approximate surface area is 184 Å². The van der Waals surface area contributed by atoms with Crippen molar-refractivity contribution in [2.75, 3.05) is 14.2 Å². The Morgan fingerprint density at radius 2 is 1.47 bits per heavy atom. The summed E-state index contributed by atoms with van der Waals surface area (Å²) in [6.45, 7) is 0.275. The van der Waals surface area contributed by atoms with Gasteiger partial charge in [-0.25, -0.2) is 12.8 Å². The fourth-order valence-corrected chi connectivity index (χ4v) is 4.84. The van der Waals surface area contributed by atoms with Crippen LogP contribution in [-0.2, 0) is 16.4 Å². The van der Waals surface area contributed by atoms with Crippen LogP contribution in [0.15, 0.2) is 87.5 Å². The molecule has 1 aromatic heterocycles. The van der Waals surface area contributed by atoms with Crippen LogP contribution < -0.4 is 14.9 Å². The molecule has 4 aromatic rings. The number of methoxy groups -OCH3 is 2. The number of hydrogen-bond donors (Lipinski definition) is 0. The molecule has 0 N–H and O–H groups in total. The molecule has 0 atom stereocenters. The Kier molecular flexibility index (Phi) is 5.71. The van der Waals surface area contributed by atoms with E-state index < -0.39 is 26.0 Å². The number of fused-ring (bicyclic) bond motifs is 1. The number of nitrogens with zero attached hydrogens (tertiary/aromatic N) is 1. The number of rotatable bonds is 6. The third kappa shape index (κ3) is 3.97. The van der Waals surface area contributed by atoms with Gasteiger partial charge in [0.15, 0.2) is 0 Å². The average molecular weight is 453 g/mol. The van der Waals surface area contributed by atoms with Gasteiger partial charge in [-0.05, 0) is 60.2 Å². The standard InChI is InChI=1S/C24H20FNO5S/c1-30-18-6-3-16(4-7-18)14-26-15-23(24(27)21-13-17(25)5-12-22(21)26)32(28,29)20-10-8-19(31-2)9-11-20/h3-13,15H,14H2,1-2H3. The van der Waals surface area contributed by atoms with Crippen molar-refractivity contribution in [1.82, 2.24) is 4.57 Å². The molecule has 0 unspecified atom stereocenters. The third-order valence-corrected chi connectivity index (χ3v) is 6.94. The predicted molar refractivity (Wildman–Crippen MR) is 119 cm³/mol. The normalized spacial score (nSPS) is 11.5. The quantitative estimate of drug-likeness (QED) is 0.441. The summed E-state index contributed by atoms with van der Waals surface area (Å²) >= 11 is 0. The van der Waals surface area contributed by atoms with Crippen molar-refractivity contribution in [2.45, 2.75) is 16.3 Å². The van der Waals surface area contributed by atoms with Crippen molar-refractivity contribution in [3.8, 4) is 11.5 Å². The van der Waals surface area contributed by atoms with Gasteiger partial charge in [0.25, 0.3) is 0 Å². The summed E-state index contributed by atoms with van der Waals surface area (Å²) in [5, 5.41) is -0.00639. The molecule has 0 aliphatic carbocycles. The van der Waals surface area contributed by atoms with Crippen LogP contribution in [0.2, 0.25) is 0 Å². The molecular weight excluding hydrogens is 433 g/mol. The Hall–Kier alpha value is -3.65. The lowest BCUT2D eigenvalue weighted by atomic mass is 10.1. The SMILES string of the molecule is COc1ccc(Cn2cc(S(=O)(=O)c3ccc(OC)cc3)c(=O)c3cc(F)ccc32)cc1. The monoisotopic (exact) mass is 453 g/mol. The first-order valence-corrected chi connectivity index (χ1v) is 11.2. The number of hydrogen-bond acceptors (Lipinski definition) is 5. The summed E-state index contributed by atoms with van der Waals surface area (Å²) in [6, 6.07) is 16.8. The molecule has 0 saturated heterocycles. The highest BCUT2D eigenvalue weighted by Gasteiger charge is 2.24. The highest BCUT2D eigenvalue weighted by atomic mass is 32.2. The van der Waals surface area contributed by atoms with E-state index in [1.807, 2.05) is 12.1 Å². The van der Waals surface area contributed by atoms with Crippen molar-refractivity contribution >= 4 is 20.7 Å². The first-order valence-electron chi connectivity index (χ1n) is 9.68. The molecular formula is C24H20FNO5S. The Morgan fingerprint density at radius 3 is 2.06 bits per heavy atom. The maximum absolute atomic E-state index is 14.0. The third-order valence-electron chi connectivity index (χ3n) is 5.18. The molecule has 0 aliphatic rings. The van der Waals surface area contributed by atoms with Crippen molar-refractivity contribution in [3.05, 3.63) is 94.5 Å². The van der Waals surface area contributed by atoms with E-state index in [0.29, 0.717) is 17.0 Å². The van der Waals surface area contributed by atoms with E-state index in [4.69, 9.17) is 9.47 Å². The van der Waals surface area contributed by atoms with Crippen LogP contribution in [0.4, 0.5) is 4.39 Å². The summed E-state index contributed by atoms with van der Waals surface area (Å²) in [4.78, 5) is 12.6. The van der Waals surface area contributed by atoms with E-state index in [1.54, 1.807) is 23.8 Å². The molecule has 6 nitrogen and oxygen atoms in total. The van der Waals surface area contributed by atoms with Crippen molar-refractivity contribution in [3.63, 3.8) is 0 Å². The fourth-order valence-electron chi connectivity index (χ4n) is 3.47. The second-order valence-corrected chi connectivity index (χ2v) is 9.06. The van der Waals surface area contributed by atoms with Crippen LogP contribution in [0.3, 0.4) is 0 Å². The molecule has 3 aromatic carbocycles. The lowest BCUT2D eigenvalue weighted by molar-refractivity contribution is 0.414. The molecule has 1 heterocycles. The Balaban J connectivity index is 1.90. The summed E-state index contributed by atoms with van der Waals surface area (Å²) in [5.74, 6) is 0.550. The molecule has 0 amide bonds. The fraction of sp³-hybridized carbons (Fsp3) is 0.125. The zero-order chi connectivity index (χ0) is 22.9. The lowest BCUT2D eigenvalue weighted by Crippen LogP contribution is -2.20. The van der Waals surface area contributed by atoms with Gasteiger partial charge in [0, 0.05) is 18.1 Å². The molecule has 4 rings (SSSR count). The van der Waals surface area contributed by atoms with Crippen LogP contribution in [0.25, 0.3) is 10.9 Å². The minimum absolute atomic E-state index is 0.00639. The highest BCUT2D eigenvalue weighted by Crippen LogP contribution is 2.24. The van der Waals surface area contributed by atoms with Gasteiger partial charge in [-0.2, -0.15) is 0 Å². The van der Waals surface area contributed by atoms with Crippen LogP contribution in [0, 0.1) is 5.82 Å². The van der Waals surface area contributed by atoms with Gasteiger partial charge in [0.2, 0.25) is 15.3 Å². The van der Waals surface area contributed by atoms with E-state index in [9.17, 15) is 17.6 Å². The number of pyridine rings is 1. The highest BCUT2D eigenvalue weighted by molar-refractivity contribution is 7.91. The topological polar surface area (TPSA) is 74.6 Å². The molecule has 0 aliphatic heterocycles. The smallest absolute Gasteiger partial charge is 0.211 e. The number of ether oxygens (including phenoxy) is 2. The van der Waals surface area contributed by atoms with E-state index in [2.05, 4.69) is 0 Å². The minimum Gasteiger partial charge on any atom is -0.497 e. The predicted octanol–water partition coefficient (Wildman–Crippen LogP) is 4.04. The summed E-state index contributed by atoms with van der Waals surface area (Å²) in [6.07, 6.45) is 1.31. The number of benzene rings is 3. The number of sulfone groups is 1. The Morgan fingerprint density at radius 1 is 0.875 bits per heavy atom. The molecule has 0 bridgehead atoms. The second-order valence-electron chi connectivity index (χ2n) is 7.14. The van der Waals surface area contributed by atoms with E-state index in [1.165, 1.54) is 49.7 Å². The van der Waals surface area contributed by atoms with Crippen molar-refractivity contribution in [2.24, 2.45) is 0 Å². The van der Waals surface area contributed by atoms with Gasteiger partial charge in [-0.15, -0.1) is 0 Å². The zero-order valence-electron chi connectivity index (χ0n) is 17.4. The maximum Gasteiger partial charge on any atom is 0.211 e.